The van der Waals surface area contributed by atoms with Crippen LogP contribution in [0.3, 0.4) is 0 Å². The molecule has 1 atom stereocenters. The van der Waals surface area contributed by atoms with E-state index in [4.69, 9.17) is 0 Å². The molecule has 3 nitrogen and oxygen atoms in total. The van der Waals surface area contributed by atoms with Gasteiger partial charge >= 0.3 is 0 Å². The van der Waals surface area contributed by atoms with Gasteiger partial charge in [0.25, 0.3) is 0 Å². The zero-order valence-electron chi connectivity index (χ0n) is 10.7. The molecule has 1 N–H and O–H groups in total. The molecule has 0 saturated heterocycles. The highest BCUT2D eigenvalue weighted by molar-refractivity contribution is 5.14. The monoisotopic (exact) mass is 221 g/mol. The molecule has 16 heavy (non-hydrogen) atoms. The molecule has 0 aromatic carbocycles. The van der Waals surface area contributed by atoms with Crippen molar-refractivity contribution in [1.29, 1.82) is 0 Å². The average Bonchev–Trinajstić information content (AvgIpc) is 3.00. The fraction of sp³-hybridized carbons (Fsp3) is 0.769. The van der Waals surface area contributed by atoms with Crippen LogP contribution in [0.4, 0.5) is 0 Å². The first-order chi connectivity index (χ1) is 7.69. The van der Waals surface area contributed by atoms with E-state index in [-0.39, 0.29) is 0 Å². The lowest BCUT2D eigenvalue weighted by molar-refractivity contribution is 0.444. The minimum Gasteiger partial charge on any atom is -0.310 e. The lowest BCUT2D eigenvalue weighted by Gasteiger charge is -2.16. The molecular formula is C13H23N3. The highest BCUT2D eigenvalue weighted by Crippen LogP contribution is 2.34. The molecule has 1 saturated carbocycles. The maximum Gasteiger partial charge on any atom is 0.0638 e. The topological polar surface area (TPSA) is 29.9 Å². The zero-order valence-corrected chi connectivity index (χ0v) is 10.7. The van der Waals surface area contributed by atoms with Crippen LogP contribution in [-0.4, -0.2) is 15.8 Å². The van der Waals surface area contributed by atoms with E-state index in [0.29, 0.717) is 6.04 Å². The van der Waals surface area contributed by atoms with E-state index in [1.807, 2.05) is 11.7 Å². The van der Waals surface area contributed by atoms with E-state index in [1.165, 1.54) is 31.2 Å². The summed E-state index contributed by atoms with van der Waals surface area (Å²) in [4.78, 5) is 0. The summed E-state index contributed by atoms with van der Waals surface area (Å²) >= 11 is 0. The van der Waals surface area contributed by atoms with Crippen LogP contribution in [0.15, 0.2) is 6.20 Å². The molecule has 0 bridgehead atoms. The van der Waals surface area contributed by atoms with Gasteiger partial charge in [-0.1, -0.05) is 19.8 Å². The highest BCUT2D eigenvalue weighted by Gasteiger charge is 2.24. The first kappa shape index (κ1) is 11.6. The van der Waals surface area contributed by atoms with Gasteiger partial charge in [0.1, 0.15) is 0 Å². The summed E-state index contributed by atoms with van der Waals surface area (Å²) in [5.41, 5.74) is 2.48. The van der Waals surface area contributed by atoms with E-state index in [9.17, 15) is 0 Å². The van der Waals surface area contributed by atoms with Crippen LogP contribution >= 0.6 is 0 Å². The van der Waals surface area contributed by atoms with Crippen molar-refractivity contribution in [3.63, 3.8) is 0 Å². The predicted molar refractivity (Wildman–Crippen MR) is 66.2 cm³/mol. The third kappa shape index (κ3) is 3.08. The van der Waals surface area contributed by atoms with Crippen LogP contribution in [0.25, 0.3) is 0 Å². The van der Waals surface area contributed by atoms with E-state index in [1.54, 1.807) is 0 Å². The van der Waals surface area contributed by atoms with Crippen LogP contribution in [0, 0.1) is 12.8 Å². The molecule has 1 heterocycles. The average molecular weight is 221 g/mol. The van der Waals surface area contributed by atoms with E-state index in [0.717, 1.165) is 18.2 Å². The Hall–Kier alpha value is -0.830. The van der Waals surface area contributed by atoms with E-state index >= 15 is 0 Å². The Balaban J connectivity index is 1.82. The Labute approximate surface area is 98.2 Å². The fourth-order valence-corrected chi connectivity index (χ4v) is 2.23. The Bertz CT molecular complexity index is 339. The summed E-state index contributed by atoms with van der Waals surface area (Å²) < 4.78 is 1.90. The van der Waals surface area contributed by atoms with E-state index in [2.05, 4.69) is 30.5 Å². The number of hydrogen-bond acceptors (Lipinski definition) is 2. The second-order valence-electron chi connectivity index (χ2n) is 5.08. The molecule has 0 aliphatic heterocycles. The summed E-state index contributed by atoms with van der Waals surface area (Å²) in [7, 11) is 1.98. The number of aromatic nitrogens is 2. The van der Waals surface area contributed by atoms with Gasteiger partial charge in [0.05, 0.1) is 5.69 Å². The SMILES string of the molecule is CCC(CC1CC1)NCc1cn(C)nc1C. The molecule has 2 rings (SSSR count). The van der Waals surface area contributed by atoms with Gasteiger partial charge in [-0.25, -0.2) is 0 Å². The maximum absolute atomic E-state index is 4.36. The lowest BCUT2D eigenvalue weighted by Crippen LogP contribution is -2.28. The van der Waals surface area contributed by atoms with Crippen LogP contribution < -0.4 is 5.32 Å². The van der Waals surface area contributed by atoms with Crippen molar-refractivity contribution < 1.29 is 0 Å². The van der Waals surface area contributed by atoms with Gasteiger partial charge in [0, 0.05) is 31.4 Å². The van der Waals surface area contributed by atoms with Crippen molar-refractivity contribution in [1.82, 2.24) is 15.1 Å². The van der Waals surface area contributed by atoms with Crippen molar-refractivity contribution >= 4 is 0 Å². The van der Waals surface area contributed by atoms with Crippen molar-refractivity contribution in [2.75, 3.05) is 0 Å². The highest BCUT2D eigenvalue weighted by atomic mass is 15.2. The van der Waals surface area contributed by atoms with Crippen LogP contribution in [0.2, 0.25) is 0 Å². The van der Waals surface area contributed by atoms with Crippen LogP contribution in [0.5, 0.6) is 0 Å². The van der Waals surface area contributed by atoms with Gasteiger partial charge in [0.15, 0.2) is 0 Å². The molecule has 0 amide bonds. The molecular weight excluding hydrogens is 198 g/mol. The normalized spacial score (nSPS) is 17.7. The molecule has 1 aliphatic rings. The largest absolute Gasteiger partial charge is 0.310 e. The van der Waals surface area contributed by atoms with Gasteiger partial charge in [-0.15, -0.1) is 0 Å². The molecule has 1 fully saturated rings. The Morgan fingerprint density at radius 3 is 2.81 bits per heavy atom. The number of hydrogen-bond donors (Lipinski definition) is 1. The number of rotatable bonds is 6. The van der Waals surface area contributed by atoms with Gasteiger partial charge in [0.2, 0.25) is 0 Å². The Morgan fingerprint density at radius 1 is 1.56 bits per heavy atom. The Morgan fingerprint density at radius 2 is 2.31 bits per heavy atom. The summed E-state index contributed by atoms with van der Waals surface area (Å²) in [6, 6.07) is 0.687. The molecule has 1 aromatic rings. The third-order valence-electron chi connectivity index (χ3n) is 3.50. The molecule has 0 spiro atoms. The number of nitrogens with zero attached hydrogens (tertiary/aromatic N) is 2. The maximum atomic E-state index is 4.36. The third-order valence-corrected chi connectivity index (χ3v) is 3.50. The van der Waals surface area contributed by atoms with Gasteiger partial charge < -0.3 is 5.32 Å². The second-order valence-corrected chi connectivity index (χ2v) is 5.08. The Kier molecular flexibility index (Phi) is 3.64. The molecule has 0 radical (unpaired) electrons. The summed E-state index contributed by atoms with van der Waals surface area (Å²) in [6.45, 7) is 5.32. The second kappa shape index (κ2) is 5.00. The molecule has 1 aromatic heterocycles. The minimum atomic E-state index is 0.687. The number of nitrogens with one attached hydrogen (secondary N) is 1. The standard InChI is InChI=1S/C13H23N3/c1-4-13(7-11-5-6-11)14-8-12-9-16(3)15-10(12)2/h9,11,13-14H,4-8H2,1-3H3. The fourth-order valence-electron chi connectivity index (χ4n) is 2.23. The van der Waals surface area contributed by atoms with Crippen LogP contribution in [-0.2, 0) is 13.6 Å². The zero-order chi connectivity index (χ0) is 11.5. The smallest absolute Gasteiger partial charge is 0.0638 e. The van der Waals surface area contributed by atoms with Crippen molar-refractivity contribution in [2.24, 2.45) is 13.0 Å². The first-order valence-electron chi connectivity index (χ1n) is 6.41. The van der Waals surface area contributed by atoms with Crippen LogP contribution in [0.1, 0.15) is 43.9 Å². The first-order valence-corrected chi connectivity index (χ1v) is 6.41. The quantitative estimate of drug-likeness (QED) is 0.799. The molecule has 1 unspecified atom stereocenters. The van der Waals surface area contributed by atoms with Crippen molar-refractivity contribution in [3.8, 4) is 0 Å². The van der Waals surface area contributed by atoms with Gasteiger partial charge in [-0.05, 0) is 25.7 Å². The minimum absolute atomic E-state index is 0.687. The van der Waals surface area contributed by atoms with E-state index < -0.39 is 0 Å². The summed E-state index contributed by atoms with van der Waals surface area (Å²) in [5.74, 6) is 1.01. The number of aryl methyl sites for hydroxylation is 2. The molecule has 90 valence electrons. The predicted octanol–water partition coefficient (Wildman–Crippen LogP) is 2.40. The van der Waals surface area contributed by atoms with Crippen molar-refractivity contribution in [3.05, 3.63) is 17.5 Å². The summed E-state index contributed by atoms with van der Waals surface area (Å²) in [6.07, 6.45) is 7.60. The van der Waals surface area contributed by atoms with Gasteiger partial charge in [-0.3, -0.25) is 4.68 Å². The van der Waals surface area contributed by atoms with Crippen molar-refractivity contribution in [2.45, 2.75) is 52.1 Å². The molecule has 3 heteroatoms. The van der Waals surface area contributed by atoms with Gasteiger partial charge in [-0.2, -0.15) is 5.10 Å². The lowest BCUT2D eigenvalue weighted by atomic mass is 10.1. The summed E-state index contributed by atoms with van der Waals surface area (Å²) in [5, 5.41) is 8.02. The molecule has 1 aliphatic carbocycles.